The molecule has 27 heavy (non-hydrogen) atoms. The van der Waals surface area contributed by atoms with Crippen molar-refractivity contribution in [2.75, 3.05) is 32.8 Å². The van der Waals surface area contributed by atoms with E-state index in [9.17, 15) is 14.7 Å². The van der Waals surface area contributed by atoms with E-state index in [4.69, 9.17) is 9.84 Å². The molecule has 2 amide bonds. The third kappa shape index (κ3) is 4.92. The van der Waals surface area contributed by atoms with Crippen molar-refractivity contribution in [1.29, 1.82) is 0 Å². The van der Waals surface area contributed by atoms with Crippen LogP contribution in [-0.2, 0) is 9.53 Å². The van der Waals surface area contributed by atoms with Gasteiger partial charge in [0, 0.05) is 24.5 Å². The number of amides is 2. The van der Waals surface area contributed by atoms with Crippen LogP contribution in [0.2, 0.25) is 0 Å². The van der Waals surface area contributed by atoms with Crippen LogP contribution in [-0.4, -0.2) is 89.1 Å². The van der Waals surface area contributed by atoms with Crippen LogP contribution in [0.5, 0.6) is 0 Å². The van der Waals surface area contributed by atoms with Gasteiger partial charge in [-0.1, -0.05) is 19.8 Å². The quantitative estimate of drug-likeness (QED) is 0.629. The Labute approximate surface area is 160 Å². The van der Waals surface area contributed by atoms with E-state index >= 15 is 0 Å². The van der Waals surface area contributed by atoms with Crippen LogP contribution in [0.15, 0.2) is 0 Å². The summed E-state index contributed by atoms with van der Waals surface area (Å²) in [5, 5.41) is 22.5. The zero-order chi connectivity index (χ0) is 19.4. The zero-order valence-corrected chi connectivity index (χ0v) is 16.2. The third-order valence-electron chi connectivity index (χ3n) is 6.40. The van der Waals surface area contributed by atoms with E-state index in [1.54, 1.807) is 0 Å². The number of morpholine rings is 1. The first-order valence-electron chi connectivity index (χ1n) is 10.3. The molecule has 0 aromatic heterocycles. The summed E-state index contributed by atoms with van der Waals surface area (Å²) in [6.45, 7) is 4.28. The number of carbonyl (C=O) groups is 2. The van der Waals surface area contributed by atoms with E-state index in [0.29, 0.717) is 26.3 Å². The molecule has 1 heterocycles. The average Bonchev–Trinajstić information content (AvgIpc) is 2.63. The van der Waals surface area contributed by atoms with Gasteiger partial charge in [-0.3, -0.25) is 9.69 Å². The lowest BCUT2D eigenvalue weighted by Gasteiger charge is -2.46. The van der Waals surface area contributed by atoms with E-state index in [0.717, 1.165) is 38.5 Å². The Bertz CT molecular complexity index is 525. The Balaban J connectivity index is 1.51. The lowest BCUT2D eigenvalue weighted by molar-refractivity contribution is -0.139. The molecule has 1 saturated heterocycles. The number of nitrogens with zero attached hydrogens (tertiary/aromatic N) is 2. The van der Waals surface area contributed by atoms with Gasteiger partial charge in [0.15, 0.2) is 0 Å². The molecule has 1 aliphatic heterocycles. The number of aliphatic hydroxyl groups excluding tert-OH is 1. The molecule has 3 unspecified atom stereocenters. The second kappa shape index (κ2) is 9.21. The number of carboxylic acid groups (broad SMARTS) is 1. The van der Waals surface area contributed by atoms with E-state index in [-0.39, 0.29) is 42.7 Å². The molecule has 3 rings (SSSR count). The Morgan fingerprint density at radius 1 is 1.26 bits per heavy atom. The topological polar surface area (TPSA) is 102 Å². The maximum absolute atomic E-state index is 12.9. The fourth-order valence-electron chi connectivity index (χ4n) is 4.75. The summed E-state index contributed by atoms with van der Waals surface area (Å²) in [6, 6.07) is 0.164. The zero-order valence-electron chi connectivity index (χ0n) is 16.2. The molecule has 0 aromatic rings. The summed E-state index contributed by atoms with van der Waals surface area (Å²) >= 11 is 0. The highest BCUT2D eigenvalue weighted by molar-refractivity contribution is 5.75. The van der Waals surface area contributed by atoms with Crippen LogP contribution in [0.4, 0.5) is 4.79 Å². The number of urea groups is 1. The molecule has 154 valence electrons. The summed E-state index contributed by atoms with van der Waals surface area (Å²) in [4.78, 5) is 27.6. The maximum atomic E-state index is 12.9. The van der Waals surface area contributed by atoms with Crippen molar-refractivity contribution in [2.24, 2.45) is 5.92 Å². The lowest BCUT2D eigenvalue weighted by Crippen LogP contribution is -2.61. The van der Waals surface area contributed by atoms with Crippen molar-refractivity contribution in [3.8, 4) is 0 Å². The van der Waals surface area contributed by atoms with Gasteiger partial charge in [-0.15, -0.1) is 0 Å². The highest BCUT2D eigenvalue weighted by atomic mass is 16.5. The Hall–Kier alpha value is -1.38. The monoisotopic (exact) mass is 383 g/mol. The number of ether oxygens (including phenoxy) is 1. The molecule has 0 bridgehead atoms. The van der Waals surface area contributed by atoms with Crippen LogP contribution in [0.25, 0.3) is 0 Å². The SMILES string of the molecule is CCN(CC(=O)O)C1CC(NC(=O)N2CCOCC2C2CCCCC2O)C1. The fourth-order valence-corrected chi connectivity index (χ4v) is 4.75. The second-order valence-electron chi connectivity index (χ2n) is 8.08. The van der Waals surface area contributed by atoms with Gasteiger partial charge in [-0.05, 0) is 32.2 Å². The summed E-state index contributed by atoms with van der Waals surface area (Å²) in [7, 11) is 0. The van der Waals surface area contributed by atoms with Crippen molar-refractivity contribution < 1.29 is 24.5 Å². The number of nitrogens with one attached hydrogen (secondary N) is 1. The van der Waals surface area contributed by atoms with Gasteiger partial charge in [0.25, 0.3) is 0 Å². The summed E-state index contributed by atoms with van der Waals surface area (Å²) < 4.78 is 5.61. The summed E-state index contributed by atoms with van der Waals surface area (Å²) in [5.74, 6) is -0.725. The van der Waals surface area contributed by atoms with E-state index < -0.39 is 5.97 Å². The molecular formula is C19H33N3O5. The van der Waals surface area contributed by atoms with Crippen LogP contribution in [0.1, 0.15) is 45.4 Å². The largest absolute Gasteiger partial charge is 0.480 e. The second-order valence-corrected chi connectivity index (χ2v) is 8.08. The summed E-state index contributed by atoms with van der Waals surface area (Å²) in [6.07, 6.45) is 5.09. The predicted octanol–water partition coefficient (Wildman–Crippen LogP) is 0.885. The minimum Gasteiger partial charge on any atom is -0.480 e. The van der Waals surface area contributed by atoms with E-state index in [1.165, 1.54) is 0 Å². The highest BCUT2D eigenvalue weighted by Gasteiger charge is 2.40. The predicted molar refractivity (Wildman–Crippen MR) is 99.5 cm³/mol. The molecule has 8 nitrogen and oxygen atoms in total. The van der Waals surface area contributed by atoms with E-state index in [2.05, 4.69) is 5.32 Å². The molecule has 3 aliphatic rings. The first kappa shape index (κ1) is 20.4. The normalized spacial score (nSPS) is 34.2. The average molecular weight is 383 g/mol. The minimum absolute atomic E-state index is 0.0486. The van der Waals surface area contributed by atoms with Gasteiger partial charge in [0.1, 0.15) is 0 Å². The number of carboxylic acids is 1. The molecule has 8 heteroatoms. The molecule has 0 aromatic carbocycles. The van der Waals surface area contributed by atoms with Gasteiger partial charge in [-0.25, -0.2) is 4.79 Å². The van der Waals surface area contributed by atoms with Gasteiger partial charge < -0.3 is 25.2 Å². The number of aliphatic carboxylic acids is 1. The number of aliphatic hydroxyl groups is 1. The maximum Gasteiger partial charge on any atom is 0.318 e. The van der Waals surface area contributed by atoms with Crippen LogP contribution < -0.4 is 5.32 Å². The first-order chi connectivity index (χ1) is 13.0. The Kier molecular flexibility index (Phi) is 6.94. The lowest BCUT2D eigenvalue weighted by atomic mass is 9.80. The molecule has 3 atom stereocenters. The van der Waals surface area contributed by atoms with Crippen molar-refractivity contribution in [3.05, 3.63) is 0 Å². The Morgan fingerprint density at radius 2 is 2.00 bits per heavy atom. The molecule has 3 N–H and O–H groups in total. The van der Waals surface area contributed by atoms with Crippen LogP contribution >= 0.6 is 0 Å². The first-order valence-corrected chi connectivity index (χ1v) is 10.3. The number of rotatable bonds is 6. The highest BCUT2D eigenvalue weighted by Crippen LogP contribution is 2.31. The van der Waals surface area contributed by atoms with Crippen molar-refractivity contribution in [1.82, 2.24) is 15.1 Å². The van der Waals surface area contributed by atoms with Crippen molar-refractivity contribution in [2.45, 2.75) is 69.7 Å². The van der Waals surface area contributed by atoms with Crippen molar-refractivity contribution >= 4 is 12.0 Å². The Morgan fingerprint density at radius 3 is 2.67 bits per heavy atom. The fraction of sp³-hybridized carbons (Fsp3) is 0.895. The number of carbonyl (C=O) groups excluding carboxylic acids is 1. The van der Waals surface area contributed by atoms with Gasteiger partial charge in [-0.2, -0.15) is 0 Å². The third-order valence-corrected chi connectivity index (χ3v) is 6.40. The molecule has 0 spiro atoms. The number of hydrogen-bond acceptors (Lipinski definition) is 5. The van der Waals surface area contributed by atoms with Crippen LogP contribution in [0, 0.1) is 5.92 Å². The van der Waals surface area contributed by atoms with Crippen LogP contribution in [0.3, 0.4) is 0 Å². The molecule has 0 radical (unpaired) electrons. The molecular weight excluding hydrogens is 350 g/mol. The standard InChI is InChI=1S/C19H33N3O5/c1-2-21(11-18(24)25)14-9-13(10-14)20-19(26)22-7-8-27-12-16(22)15-5-3-4-6-17(15)23/h13-17,23H,2-12H2,1H3,(H,20,26)(H,24,25). The number of hydrogen-bond donors (Lipinski definition) is 3. The summed E-state index contributed by atoms with van der Waals surface area (Å²) in [5.41, 5.74) is 0. The molecule has 2 saturated carbocycles. The number of likely N-dealkylation sites (N-methyl/N-ethyl adjacent to an activating group) is 1. The minimum atomic E-state index is -0.813. The van der Waals surface area contributed by atoms with Gasteiger partial charge in [0.05, 0.1) is 31.9 Å². The van der Waals surface area contributed by atoms with Gasteiger partial charge >= 0.3 is 12.0 Å². The van der Waals surface area contributed by atoms with Gasteiger partial charge in [0.2, 0.25) is 0 Å². The van der Waals surface area contributed by atoms with E-state index in [1.807, 2.05) is 16.7 Å². The molecule has 2 aliphatic carbocycles. The van der Waals surface area contributed by atoms with Crippen molar-refractivity contribution in [3.63, 3.8) is 0 Å². The smallest absolute Gasteiger partial charge is 0.318 e. The molecule has 3 fully saturated rings.